The molecule has 0 spiro atoms. The Balaban J connectivity index is 1.56. The summed E-state index contributed by atoms with van der Waals surface area (Å²) in [5.74, 6) is -1.35. The van der Waals surface area contributed by atoms with Crippen LogP contribution in [0.15, 0.2) is 72.9 Å². The molecule has 10 heteroatoms. The first kappa shape index (κ1) is 22.3. The van der Waals surface area contributed by atoms with Gasteiger partial charge in [-0.2, -0.15) is 0 Å². The molecule has 0 bridgehead atoms. The number of amides is 1. The fourth-order valence-electron chi connectivity index (χ4n) is 3.20. The standard InChI is InChI=1S/C23H17F4N3O3/c24-17-8-11-19-28-22(29-20(31)14-32-13-15-4-2-1-3-5-15)21(30(19)12-17)16-6-9-18(10-7-16)33-23(25,26)27/h1-12H,13-14H2,(H,29,31). The third-order valence-electron chi connectivity index (χ3n) is 4.55. The number of halogens is 4. The molecule has 1 N–H and O–H groups in total. The molecule has 0 aliphatic heterocycles. The fourth-order valence-corrected chi connectivity index (χ4v) is 3.20. The number of hydrogen-bond donors (Lipinski definition) is 1. The van der Waals surface area contributed by atoms with Crippen LogP contribution in [0.3, 0.4) is 0 Å². The lowest BCUT2D eigenvalue weighted by Gasteiger charge is -2.11. The second-order valence-corrected chi connectivity index (χ2v) is 6.98. The van der Waals surface area contributed by atoms with E-state index in [4.69, 9.17) is 4.74 Å². The van der Waals surface area contributed by atoms with Crippen LogP contribution in [0, 0.1) is 5.82 Å². The van der Waals surface area contributed by atoms with Crippen LogP contribution < -0.4 is 10.1 Å². The van der Waals surface area contributed by atoms with Gasteiger partial charge in [-0.15, -0.1) is 13.2 Å². The van der Waals surface area contributed by atoms with Gasteiger partial charge in [0.25, 0.3) is 5.91 Å². The van der Waals surface area contributed by atoms with E-state index in [0.29, 0.717) is 16.9 Å². The van der Waals surface area contributed by atoms with Crippen molar-refractivity contribution in [2.45, 2.75) is 13.0 Å². The molecule has 0 fully saturated rings. The number of ether oxygens (including phenoxy) is 2. The molecule has 4 aromatic rings. The van der Waals surface area contributed by atoms with Gasteiger partial charge in [0.15, 0.2) is 5.82 Å². The van der Waals surface area contributed by atoms with Gasteiger partial charge in [-0.25, -0.2) is 9.37 Å². The lowest BCUT2D eigenvalue weighted by molar-refractivity contribution is -0.274. The van der Waals surface area contributed by atoms with E-state index in [1.165, 1.54) is 34.9 Å². The van der Waals surface area contributed by atoms with Crippen LogP contribution in [0.25, 0.3) is 16.9 Å². The van der Waals surface area contributed by atoms with Crippen LogP contribution in [0.2, 0.25) is 0 Å². The molecule has 6 nitrogen and oxygen atoms in total. The number of aromatic nitrogens is 2. The van der Waals surface area contributed by atoms with Crippen molar-refractivity contribution in [1.82, 2.24) is 9.38 Å². The number of carbonyl (C=O) groups is 1. The lowest BCUT2D eigenvalue weighted by Crippen LogP contribution is -2.19. The van der Waals surface area contributed by atoms with E-state index in [1.54, 1.807) is 0 Å². The summed E-state index contributed by atoms with van der Waals surface area (Å²) in [5.41, 5.74) is 1.92. The van der Waals surface area contributed by atoms with Gasteiger partial charge in [0, 0.05) is 11.8 Å². The Kier molecular flexibility index (Phi) is 6.27. The Morgan fingerprint density at radius 3 is 2.42 bits per heavy atom. The second-order valence-electron chi connectivity index (χ2n) is 6.98. The Hall–Kier alpha value is -3.92. The Bertz CT molecular complexity index is 1260. The van der Waals surface area contributed by atoms with Crippen LogP contribution >= 0.6 is 0 Å². The quantitative estimate of drug-likeness (QED) is 0.386. The average molecular weight is 459 g/mol. The molecule has 1 amide bonds. The first-order valence-electron chi connectivity index (χ1n) is 9.74. The molecule has 0 radical (unpaired) electrons. The minimum atomic E-state index is -4.83. The number of nitrogens with one attached hydrogen (secondary N) is 1. The molecule has 0 aliphatic rings. The van der Waals surface area contributed by atoms with Gasteiger partial charge in [0.1, 0.15) is 23.8 Å². The molecule has 33 heavy (non-hydrogen) atoms. The van der Waals surface area contributed by atoms with Crippen LogP contribution in [-0.4, -0.2) is 28.3 Å². The molecule has 0 atom stereocenters. The predicted molar refractivity (Wildman–Crippen MR) is 112 cm³/mol. The fraction of sp³-hybridized carbons (Fsp3) is 0.130. The van der Waals surface area contributed by atoms with Crippen molar-refractivity contribution in [3.05, 3.63) is 84.3 Å². The van der Waals surface area contributed by atoms with E-state index < -0.39 is 23.8 Å². The summed E-state index contributed by atoms with van der Waals surface area (Å²) in [7, 11) is 0. The molecule has 0 saturated carbocycles. The molecule has 0 saturated heterocycles. The van der Waals surface area contributed by atoms with Crippen molar-refractivity contribution in [1.29, 1.82) is 0 Å². The maximum absolute atomic E-state index is 13.9. The minimum absolute atomic E-state index is 0.110. The molecular formula is C23H17F4N3O3. The molecule has 2 aromatic heterocycles. The van der Waals surface area contributed by atoms with Crippen molar-refractivity contribution in [2.75, 3.05) is 11.9 Å². The summed E-state index contributed by atoms with van der Waals surface area (Å²) in [6.45, 7) is -0.0207. The van der Waals surface area contributed by atoms with Gasteiger partial charge in [-0.1, -0.05) is 30.3 Å². The van der Waals surface area contributed by atoms with Gasteiger partial charge in [-0.05, 0) is 42.0 Å². The summed E-state index contributed by atoms with van der Waals surface area (Å²) in [6, 6.07) is 16.9. The number of rotatable bonds is 7. The number of nitrogens with zero attached hydrogens (tertiary/aromatic N) is 2. The third-order valence-corrected chi connectivity index (χ3v) is 4.55. The first-order valence-corrected chi connectivity index (χ1v) is 9.74. The van der Waals surface area contributed by atoms with Crippen LogP contribution in [0.1, 0.15) is 5.56 Å². The molecule has 2 aromatic carbocycles. The topological polar surface area (TPSA) is 64.9 Å². The van der Waals surface area contributed by atoms with E-state index >= 15 is 0 Å². The zero-order chi connectivity index (χ0) is 23.4. The van der Waals surface area contributed by atoms with Crippen LogP contribution in [0.5, 0.6) is 5.75 Å². The SMILES string of the molecule is O=C(COCc1ccccc1)Nc1nc2ccc(F)cn2c1-c1ccc(OC(F)(F)F)cc1. The number of hydrogen-bond acceptors (Lipinski definition) is 4. The Labute approximate surface area is 185 Å². The van der Waals surface area contributed by atoms with Crippen molar-refractivity contribution < 1.29 is 31.8 Å². The van der Waals surface area contributed by atoms with Crippen LogP contribution in [-0.2, 0) is 16.1 Å². The summed E-state index contributed by atoms with van der Waals surface area (Å²) >= 11 is 0. The van der Waals surface area contributed by atoms with Gasteiger partial charge < -0.3 is 14.8 Å². The largest absolute Gasteiger partial charge is 0.573 e. The van der Waals surface area contributed by atoms with Gasteiger partial charge in [0.05, 0.1) is 12.3 Å². The van der Waals surface area contributed by atoms with E-state index in [0.717, 1.165) is 17.7 Å². The van der Waals surface area contributed by atoms with Crippen molar-refractivity contribution >= 4 is 17.4 Å². The zero-order valence-electron chi connectivity index (χ0n) is 17.0. The lowest BCUT2D eigenvalue weighted by atomic mass is 10.1. The molecule has 0 aliphatic carbocycles. The smallest absolute Gasteiger partial charge is 0.406 e. The first-order chi connectivity index (χ1) is 15.8. The number of imidazole rings is 1. The summed E-state index contributed by atoms with van der Waals surface area (Å²) in [5, 5.41) is 2.63. The van der Waals surface area contributed by atoms with Gasteiger partial charge in [-0.3, -0.25) is 9.20 Å². The average Bonchev–Trinajstić information content (AvgIpc) is 3.11. The number of fused-ring (bicyclic) bond motifs is 1. The molecule has 0 unspecified atom stereocenters. The highest BCUT2D eigenvalue weighted by Gasteiger charge is 2.31. The molecular weight excluding hydrogens is 442 g/mol. The summed E-state index contributed by atoms with van der Waals surface area (Å²) in [6.07, 6.45) is -3.66. The zero-order valence-corrected chi connectivity index (χ0v) is 17.0. The Morgan fingerprint density at radius 1 is 1.00 bits per heavy atom. The number of pyridine rings is 1. The highest BCUT2D eigenvalue weighted by atomic mass is 19.4. The maximum atomic E-state index is 13.9. The van der Waals surface area contributed by atoms with Gasteiger partial charge in [0.2, 0.25) is 0 Å². The van der Waals surface area contributed by atoms with Crippen LogP contribution in [0.4, 0.5) is 23.4 Å². The third kappa shape index (κ3) is 5.66. The van der Waals surface area contributed by atoms with E-state index in [9.17, 15) is 22.4 Å². The predicted octanol–water partition coefficient (Wildman–Crippen LogP) is 5.19. The number of anilines is 1. The van der Waals surface area contributed by atoms with Crippen molar-refractivity contribution in [3.8, 4) is 17.0 Å². The maximum Gasteiger partial charge on any atom is 0.573 e. The van der Waals surface area contributed by atoms with E-state index in [-0.39, 0.29) is 19.0 Å². The summed E-state index contributed by atoms with van der Waals surface area (Å²) in [4.78, 5) is 16.8. The number of alkyl halides is 3. The van der Waals surface area contributed by atoms with E-state index in [2.05, 4.69) is 15.0 Å². The summed E-state index contributed by atoms with van der Waals surface area (Å²) < 4.78 is 61.9. The Morgan fingerprint density at radius 2 is 1.73 bits per heavy atom. The van der Waals surface area contributed by atoms with Crippen molar-refractivity contribution in [3.63, 3.8) is 0 Å². The molecule has 170 valence electrons. The minimum Gasteiger partial charge on any atom is -0.406 e. The van der Waals surface area contributed by atoms with E-state index in [1.807, 2.05) is 30.3 Å². The normalized spacial score (nSPS) is 11.5. The molecule has 2 heterocycles. The highest BCUT2D eigenvalue weighted by molar-refractivity contribution is 5.95. The van der Waals surface area contributed by atoms with Crippen molar-refractivity contribution in [2.24, 2.45) is 0 Å². The van der Waals surface area contributed by atoms with Gasteiger partial charge >= 0.3 is 6.36 Å². The second kappa shape index (κ2) is 9.29. The highest BCUT2D eigenvalue weighted by Crippen LogP contribution is 2.32. The number of carbonyl (C=O) groups excluding carboxylic acids is 1. The number of benzene rings is 2. The molecule has 4 rings (SSSR count). The monoisotopic (exact) mass is 459 g/mol.